The highest BCUT2D eigenvalue weighted by molar-refractivity contribution is 7.11. The summed E-state index contributed by atoms with van der Waals surface area (Å²) in [5.74, 6) is 0. The Morgan fingerprint density at radius 2 is 2.33 bits per heavy atom. The van der Waals surface area contributed by atoms with Crippen molar-refractivity contribution in [2.24, 2.45) is 0 Å². The van der Waals surface area contributed by atoms with Gasteiger partial charge in [-0.2, -0.15) is 0 Å². The fourth-order valence-corrected chi connectivity index (χ4v) is 2.69. The summed E-state index contributed by atoms with van der Waals surface area (Å²) in [6, 6.07) is 0.312. The second-order valence-electron chi connectivity index (χ2n) is 3.32. The molecule has 0 saturated carbocycles. The maximum absolute atomic E-state index is 4.28. The summed E-state index contributed by atoms with van der Waals surface area (Å²) in [4.78, 5) is 9.77. The number of nitrogens with zero attached hydrogens (tertiary/aromatic N) is 2. The lowest BCUT2D eigenvalue weighted by Crippen LogP contribution is -2.17. The third-order valence-corrected chi connectivity index (χ3v) is 3.94. The molecule has 0 aliphatic rings. The molecule has 0 aliphatic heterocycles. The van der Waals surface area contributed by atoms with Gasteiger partial charge in [-0.1, -0.05) is 0 Å². The van der Waals surface area contributed by atoms with Gasteiger partial charge < -0.3 is 5.32 Å². The molecule has 2 rings (SSSR count). The summed E-state index contributed by atoms with van der Waals surface area (Å²) in [5.41, 5.74) is 0. The Bertz CT molecular complexity index is 408. The molecule has 0 aromatic carbocycles. The van der Waals surface area contributed by atoms with Crippen LogP contribution >= 0.6 is 22.7 Å². The maximum Gasteiger partial charge on any atom is 0.109 e. The van der Waals surface area contributed by atoms with E-state index < -0.39 is 0 Å². The second kappa shape index (κ2) is 4.83. The molecule has 1 unspecified atom stereocenters. The van der Waals surface area contributed by atoms with E-state index in [1.807, 2.05) is 24.7 Å². The van der Waals surface area contributed by atoms with E-state index >= 15 is 0 Å². The number of nitrogens with one attached hydrogen (secondary N) is 1. The fraction of sp³-hybridized carbons (Fsp3) is 0.400. The predicted octanol–water partition coefficient (Wildman–Crippen LogP) is 2.76. The second-order valence-corrected chi connectivity index (χ2v) is 5.56. The standard InChI is InChI=1S/C10H13N3S2/c1-7(10-11-3-4-14-10)12-5-9-6-13-8(2)15-9/h3-4,6-7,12H,5H2,1-2H3. The molecule has 2 aromatic rings. The lowest BCUT2D eigenvalue weighted by atomic mass is 10.3. The van der Waals surface area contributed by atoms with Crippen LogP contribution in [0.4, 0.5) is 0 Å². The van der Waals surface area contributed by atoms with E-state index in [1.54, 1.807) is 22.7 Å². The molecule has 0 bridgehead atoms. The highest BCUT2D eigenvalue weighted by Crippen LogP contribution is 2.17. The molecule has 2 heterocycles. The Balaban J connectivity index is 1.88. The van der Waals surface area contributed by atoms with Gasteiger partial charge in [-0.3, -0.25) is 0 Å². The Morgan fingerprint density at radius 3 is 2.93 bits per heavy atom. The highest BCUT2D eigenvalue weighted by Gasteiger charge is 2.07. The predicted molar refractivity (Wildman–Crippen MR) is 64.2 cm³/mol. The van der Waals surface area contributed by atoms with Crippen LogP contribution in [-0.2, 0) is 6.54 Å². The van der Waals surface area contributed by atoms with E-state index in [9.17, 15) is 0 Å². The average molecular weight is 239 g/mol. The van der Waals surface area contributed by atoms with Gasteiger partial charge >= 0.3 is 0 Å². The van der Waals surface area contributed by atoms with Crippen LogP contribution in [0.5, 0.6) is 0 Å². The van der Waals surface area contributed by atoms with Gasteiger partial charge in [0.25, 0.3) is 0 Å². The van der Waals surface area contributed by atoms with Crippen molar-refractivity contribution in [1.29, 1.82) is 0 Å². The summed E-state index contributed by atoms with van der Waals surface area (Å²) in [6.07, 6.45) is 3.77. The molecule has 5 heteroatoms. The smallest absolute Gasteiger partial charge is 0.109 e. The van der Waals surface area contributed by atoms with E-state index in [4.69, 9.17) is 0 Å². The molecule has 0 radical (unpaired) electrons. The van der Waals surface area contributed by atoms with Crippen LogP contribution in [0.3, 0.4) is 0 Å². The number of rotatable bonds is 4. The van der Waals surface area contributed by atoms with Gasteiger partial charge in [-0.25, -0.2) is 9.97 Å². The van der Waals surface area contributed by atoms with Crippen molar-refractivity contribution < 1.29 is 0 Å². The Hall–Kier alpha value is -0.780. The Labute approximate surface area is 97.2 Å². The first-order chi connectivity index (χ1) is 7.25. The molecule has 3 nitrogen and oxygen atoms in total. The molecule has 2 aromatic heterocycles. The third-order valence-electron chi connectivity index (χ3n) is 2.07. The third kappa shape index (κ3) is 2.84. The SMILES string of the molecule is Cc1ncc(CNC(C)c2nccs2)s1. The summed E-state index contributed by atoms with van der Waals surface area (Å²) in [7, 11) is 0. The zero-order valence-electron chi connectivity index (χ0n) is 8.73. The molecule has 80 valence electrons. The molecule has 1 N–H and O–H groups in total. The molecule has 15 heavy (non-hydrogen) atoms. The lowest BCUT2D eigenvalue weighted by Gasteiger charge is -2.09. The van der Waals surface area contributed by atoms with Crippen LogP contribution in [0.15, 0.2) is 17.8 Å². The maximum atomic E-state index is 4.28. The Morgan fingerprint density at radius 1 is 1.47 bits per heavy atom. The van der Waals surface area contributed by atoms with Crippen molar-refractivity contribution in [3.63, 3.8) is 0 Å². The molecular formula is C10H13N3S2. The Kier molecular flexibility index (Phi) is 3.45. The van der Waals surface area contributed by atoms with Gasteiger partial charge in [-0.15, -0.1) is 22.7 Å². The van der Waals surface area contributed by atoms with E-state index in [2.05, 4.69) is 22.2 Å². The van der Waals surface area contributed by atoms with Crippen molar-refractivity contribution in [3.05, 3.63) is 32.7 Å². The zero-order chi connectivity index (χ0) is 10.7. The summed E-state index contributed by atoms with van der Waals surface area (Å²) in [6.45, 7) is 5.03. The molecule has 0 saturated heterocycles. The fourth-order valence-electron chi connectivity index (χ4n) is 1.28. The molecule has 0 amide bonds. The van der Waals surface area contributed by atoms with Gasteiger partial charge in [0.05, 0.1) is 11.0 Å². The average Bonchev–Trinajstić information content (AvgIpc) is 2.84. The summed E-state index contributed by atoms with van der Waals surface area (Å²) >= 11 is 3.42. The first-order valence-electron chi connectivity index (χ1n) is 4.80. The minimum atomic E-state index is 0.312. The van der Waals surface area contributed by atoms with Gasteiger partial charge in [0.15, 0.2) is 0 Å². The topological polar surface area (TPSA) is 37.8 Å². The van der Waals surface area contributed by atoms with E-state index in [0.29, 0.717) is 6.04 Å². The van der Waals surface area contributed by atoms with Crippen molar-refractivity contribution in [1.82, 2.24) is 15.3 Å². The minimum Gasteiger partial charge on any atom is -0.303 e. The number of thiazole rings is 2. The van der Waals surface area contributed by atoms with Crippen molar-refractivity contribution >= 4 is 22.7 Å². The number of hydrogen-bond donors (Lipinski definition) is 1. The largest absolute Gasteiger partial charge is 0.303 e. The zero-order valence-corrected chi connectivity index (χ0v) is 10.4. The van der Waals surface area contributed by atoms with Crippen LogP contribution < -0.4 is 5.32 Å². The summed E-state index contributed by atoms with van der Waals surface area (Å²) in [5, 5.41) is 7.69. The molecule has 1 atom stereocenters. The van der Waals surface area contributed by atoms with Crippen LogP contribution in [0.25, 0.3) is 0 Å². The molecule has 0 aliphatic carbocycles. The van der Waals surface area contributed by atoms with Crippen molar-refractivity contribution in [2.75, 3.05) is 0 Å². The van der Waals surface area contributed by atoms with Crippen molar-refractivity contribution in [2.45, 2.75) is 26.4 Å². The molecular weight excluding hydrogens is 226 g/mol. The quantitative estimate of drug-likeness (QED) is 0.891. The van der Waals surface area contributed by atoms with Crippen LogP contribution in [0, 0.1) is 6.92 Å². The van der Waals surface area contributed by atoms with Gasteiger partial charge in [0.1, 0.15) is 5.01 Å². The highest BCUT2D eigenvalue weighted by atomic mass is 32.1. The number of aromatic nitrogens is 2. The summed E-state index contributed by atoms with van der Waals surface area (Å²) < 4.78 is 0. The first kappa shape index (κ1) is 10.7. The molecule has 0 fully saturated rings. The van der Waals surface area contributed by atoms with E-state index in [1.165, 1.54) is 4.88 Å². The van der Waals surface area contributed by atoms with Gasteiger partial charge in [0, 0.05) is 29.2 Å². The first-order valence-corrected chi connectivity index (χ1v) is 6.49. The number of hydrogen-bond acceptors (Lipinski definition) is 5. The molecule has 0 spiro atoms. The minimum absolute atomic E-state index is 0.312. The lowest BCUT2D eigenvalue weighted by molar-refractivity contribution is 0.575. The normalized spacial score (nSPS) is 12.9. The van der Waals surface area contributed by atoms with Gasteiger partial charge in [-0.05, 0) is 13.8 Å². The van der Waals surface area contributed by atoms with Crippen LogP contribution in [0.2, 0.25) is 0 Å². The monoisotopic (exact) mass is 239 g/mol. The van der Waals surface area contributed by atoms with Crippen molar-refractivity contribution in [3.8, 4) is 0 Å². The van der Waals surface area contributed by atoms with Crippen LogP contribution in [-0.4, -0.2) is 9.97 Å². The van der Waals surface area contributed by atoms with E-state index in [-0.39, 0.29) is 0 Å². The van der Waals surface area contributed by atoms with E-state index in [0.717, 1.165) is 16.6 Å². The van der Waals surface area contributed by atoms with Crippen LogP contribution in [0.1, 0.15) is 27.9 Å². The number of aryl methyl sites for hydroxylation is 1. The van der Waals surface area contributed by atoms with Gasteiger partial charge in [0.2, 0.25) is 0 Å².